The lowest BCUT2D eigenvalue weighted by atomic mass is 9.85. The second kappa shape index (κ2) is 7.46. The zero-order valence-electron chi connectivity index (χ0n) is 13.0. The Kier molecular flexibility index (Phi) is 6.61. The SMILES string of the molecule is CCC(C)N(CC)CC1(CNC(C)C)CCOC1. The van der Waals surface area contributed by atoms with E-state index in [9.17, 15) is 0 Å². The largest absolute Gasteiger partial charge is 0.381 e. The molecule has 1 fully saturated rings. The standard InChI is InChI=1S/C15H32N2O/c1-6-14(5)17(7-2)11-15(8-9-18-12-15)10-16-13(3)4/h13-14,16H,6-12H2,1-5H3. The zero-order valence-corrected chi connectivity index (χ0v) is 13.0. The van der Waals surface area contributed by atoms with Gasteiger partial charge in [-0.3, -0.25) is 0 Å². The van der Waals surface area contributed by atoms with Crippen molar-refractivity contribution in [3.63, 3.8) is 0 Å². The molecule has 2 unspecified atom stereocenters. The average Bonchev–Trinajstić information content (AvgIpc) is 2.82. The predicted molar refractivity (Wildman–Crippen MR) is 78.0 cm³/mol. The van der Waals surface area contributed by atoms with Crippen molar-refractivity contribution in [1.29, 1.82) is 0 Å². The number of nitrogens with one attached hydrogen (secondary N) is 1. The van der Waals surface area contributed by atoms with E-state index in [0.29, 0.717) is 17.5 Å². The summed E-state index contributed by atoms with van der Waals surface area (Å²) in [5.74, 6) is 0. The topological polar surface area (TPSA) is 24.5 Å². The van der Waals surface area contributed by atoms with E-state index < -0.39 is 0 Å². The first kappa shape index (κ1) is 15.9. The second-order valence-electron chi connectivity index (χ2n) is 6.16. The molecule has 0 aliphatic carbocycles. The molecule has 108 valence electrons. The fraction of sp³-hybridized carbons (Fsp3) is 1.00. The molecule has 1 aliphatic heterocycles. The number of hydrogen-bond acceptors (Lipinski definition) is 3. The van der Waals surface area contributed by atoms with Crippen LogP contribution in [0.15, 0.2) is 0 Å². The molecule has 0 aromatic rings. The lowest BCUT2D eigenvalue weighted by molar-refractivity contribution is 0.0896. The molecule has 1 saturated heterocycles. The molecule has 3 nitrogen and oxygen atoms in total. The molecule has 18 heavy (non-hydrogen) atoms. The molecule has 2 atom stereocenters. The number of hydrogen-bond donors (Lipinski definition) is 1. The van der Waals surface area contributed by atoms with Crippen LogP contribution in [0.25, 0.3) is 0 Å². The molecule has 1 aliphatic rings. The minimum Gasteiger partial charge on any atom is -0.381 e. The molecular weight excluding hydrogens is 224 g/mol. The molecule has 1 rings (SSSR count). The van der Waals surface area contributed by atoms with Crippen LogP contribution in [0.2, 0.25) is 0 Å². The van der Waals surface area contributed by atoms with Gasteiger partial charge in [0.25, 0.3) is 0 Å². The molecule has 3 heteroatoms. The maximum Gasteiger partial charge on any atom is 0.0547 e. The van der Waals surface area contributed by atoms with E-state index in [4.69, 9.17) is 4.74 Å². The van der Waals surface area contributed by atoms with Gasteiger partial charge in [0.05, 0.1) is 6.61 Å². The van der Waals surface area contributed by atoms with Gasteiger partial charge in [0.2, 0.25) is 0 Å². The second-order valence-corrected chi connectivity index (χ2v) is 6.16. The van der Waals surface area contributed by atoms with Gasteiger partial charge in [-0.15, -0.1) is 0 Å². The molecule has 0 aromatic heterocycles. The minimum atomic E-state index is 0.323. The predicted octanol–water partition coefficient (Wildman–Crippen LogP) is 2.51. The van der Waals surface area contributed by atoms with Gasteiger partial charge < -0.3 is 15.0 Å². The number of rotatable bonds is 8. The van der Waals surface area contributed by atoms with Crippen LogP contribution < -0.4 is 5.32 Å². The van der Waals surface area contributed by atoms with Crippen LogP contribution in [0.3, 0.4) is 0 Å². The highest BCUT2D eigenvalue weighted by molar-refractivity contribution is 4.89. The molecule has 0 spiro atoms. The van der Waals surface area contributed by atoms with Crippen molar-refractivity contribution < 1.29 is 4.74 Å². The Bertz CT molecular complexity index is 225. The van der Waals surface area contributed by atoms with Crippen molar-refractivity contribution in [2.45, 2.75) is 59.5 Å². The van der Waals surface area contributed by atoms with E-state index in [1.54, 1.807) is 0 Å². The average molecular weight is 256 g/mol. The monoisotopic (exact) mass is 256 g/mol. The Morgan fingerprint density at radius 1 is 1.28 bits per heavy atom. The normalized spacial score (nSPS) is 26.2. The van der Waals surface area contributed by atoms with Gasteiger partial charge in [0, 0.05) is 37.2 Å². The van der Waals surface area contributed by atoms with E-state index >= 15 is 0 Å². The third-order valence-electron chi connectivity index (χ3n) is 4.23. The Balaban J connectivity index is 2.60. The summed E-state index contributed by atoms with van der Waals surface area (Å²) in [6.07, 6.45) is 2.42. The van der Waals surface area contributed by atoms with Crippen molar-refractivity contribution in [2.75, 3.05) is 32.8 Å². The van der Waals surface area contributed by atoms with Crippen LogP contribution in [0.1, 0.15) is 47.5 Å². The van der Waals surface area contributed by atoms with Crippen molar-refractivity contribution in [2.24, 2.45) is 5.41 Å². The van der Waals surface area contributed by atoms with E-state index in [1.807, 2.05) is 0 Å². The van der Waals surface area contributed by atoms with Gasteiger partial charge in [0.1, 0.15) is 0 Å². The quantitative estimate of drug-likeness (QED) is 0.722. The lowest BCUT2D eigenvalue weighted by Gasteiger charge is -2.37. The molecule has 0 aromatic carbocycles. The Morgan fingerprint density at radius 3 is 2.44 bits per heavy atom. The summed E-state index contributed by atoms with van der Waals surface area (Å²) in [4.78, 5) is 2.61. The molecule has 0 radical (unpaired) electrons. The summed E-state index contributed by atoms with van der Waals surface area (Å²) < 4.78 is 5.68. The molecule has 0 bridgehead atoms. The van der Waals surface area contributed by atoms with Crippen LogP contribution in [0.4, 0.5) is 0 Å². The van der Waals surface area contributed by atoms with Gasteiger partial charge in [-0.2, -0.15) is 0 Å². The van der Waals surface area contributed by atoms with Crippen LogP contribution in [-0.4, -0.2) is 49.8 Å². The molecule has 0 amide bonds. The number of nitrogens with zero attached hydrogens (tertiary/aromatic N) is 1. The van der Waals surface area contributed by atoms with E-state index in [0.717, 1.165) is 32.8 Å². The van der Waals surface area contributed by atoms with Gasteiger partial charge in [-0.05, 0) is 26.3 Å². The molecule has 0 saturated carbocycles. The van der Waals surface area contributed by atoms with Gasteiger partial charge in [0.15, 0.2) is 0 Å². The fourth-order valence-electron chi connectivity index (χ4n) is 2.66. The Labute approximate surface area is 113 Å². The molecular formula is C15H32N2O. The first-order valence-electron chi connectivity index (χ1n) is 7.58. The maximum absolute atomic E-state index is 5.68. The summed E-state index contributed by atoms with van der Waals surface area (Å²) in [5, 5.41) is 3.61. The smallest absolute Gasteiger partial charge is 0.0547 e. The van der Waals surface area contributed by atoms with Crippen LogP contribution in [-0.2, 0) is 4.74 Å². The Morgan fingerprint density at radius 2 is 2.00 bits per heavy atom. The van der Waals surface area contributed by atoms with Gasteiger partial charge >= 0.3 is 0 Å². The fourth-order valence-corrected chi connectivity index (χ4v) is 2.66. The van der Waals surface area contributed by atoms with E-state index in [2.05, 4.69) is 44.8 Å². The third kappa shape index (κ3) is 4.52. The molecule has 1 N–H and O–H groups in total. The molecule has 1 heterocycles. The summed E-state index contributed by atoms with van der Waals surface area (Å²) in [6.45, 7) is 16.5. The van der Waals surface area contributed by atoms with Crippen LogP contribution >= 0.6 is 0 Å². The maximum atomic E-state index is 5.68. The van der Waals surface area contributed by atoms with Gasteiger partial charge in [-0.1, -0.05) is 27.7 Å². The number of ether oxygens (including phenoxy) is 1. The van der Waals surface area contributed by atoms with Gasteiger partial charge in [-0.25, -0.2) is 0 Å². The third-order valence-corrected chi connectivity index (χ3v) is 4.23. The summed E-state index contributed by atoms with van der Waals surface area (Å²) >= 11 is 0. The summed E-state index contributed by atoms with van der Waals surface area (Å²) in [7, 11) is 0. The van der Waals surface area contributed by atoms with Crippen LogP contribution in [0.5, 0.6) is 0 Å². The summed E-state index contributed by atoms with van der Waals surface area (Å²) in [6, 6.07) is 1.23. The minimum absolute atomic E-state index is 0.323. The highest BCUT2D eigenvalue weighted by Crippen LogP contribution is 2.30. The van der Waals surface area contributed by atoms with Crippen LogP contribution in [0, 0.1) is 5.41 Å². The zero-order chi connectivity index (χ0) is 13.6. The highest BCUT2D eigenvalue weighted by atomic mass is 16.5. The first-order valence-corrected chi connectivity index (χ1v) is 7.58. The van der Waals surface area contributed by atoms with E-state index in [1.165, 1.54) is 12.8 Å². The van der Waals surface area contributed by atoms with E-state index in [-0.39, 0.29) is 0 Å². The van der Waals surface area contributed by atoms with Crippen molar-refractivity contribution >= 4 is 0 Å². The summed E-state index contributed by atoms with van der Waals surface area (Å²) in [5.41, 5.74) is 0.323. The Hall–Kier alpha value is -0.120. The van der Waals surface area contributed by atoms with Crippen molar-refractivity contribution in [1.82, 2.24) is 10.2 Å². The van der Waals surface area contributed by atoms with Crippen molar-refractivity contribution in [3.05, 3.63) is 0 Å². The van der Waals surface area contributed by atoms with Crippen molar-refractivity contribution in [3.8, 4) is 0 Å². The first-order chi connectivity index (χ1) is 8.53. The highest BCUT2D eigenvalue weighted by Gasteiger charge is 2.36. The lowest BCUT2D eigenvalue weighted by Crippen LogP contribution is -2.48.